The third-order valence-corrected chi connectivity index (χ3v) is 13.3. The van der Waals surface area contributed by atoms with E-state index in [1.807, 2.05) is 11.8 Å². The standard InChI is InChI=1S/C48H55B2NS/c1-26(2)32-22-34(28(5)6)44(35(23-32)29(7)8)49-38-16-13-17-39-46(38)51-47-40(49)18-14-20-42(47)52-43-21-15-19-41(48(43)51)50(39)45-36(30(9)10)24-33(27(3)4)25-37(45)31(11)12/h13-31H,1-12H3. The Kier molecular flexibility index (Phi) is 8.89. The summed E-state index contributed by atoms with van der Waals surface area (Å²) in [5.74, 6) is 2.64. The second kappa shape index (κ2) is 13.0. The SMILES string of the molecule is CC(C)c1cc(C(C)C)c(B2c3cccc4c3N3c5c(cccc5B(c5c(C(C)C)cc(C(C)C)cc5C(C)C)c5cccc2c53)S4)c(C(C)C)c1. The van der Waals surface area contributed by atoms with Crippen LogP contribution in [0.4, 0.5) is 17.1 Å². The topological polar surface area (TPSA) is 3.24 Å². The average Bonchev–Trinajstić information content (AvgIpc) is 3.10. The summed E-state index contributed by atoms with van der Waals surface area (Å²) in [5.41, 5.74) is 22.0. The lowest BCUT2D eigenvalue weighted by molar-refractivity contribution is 0.812. The van der Waals surface area contributed by atoms with Gasteiger partial charge in [0.05, 0.1) is 11.4 Å². The molecule has 5 aromatic rings. The van der Waals surface area contributed by atoms with Gasteiger partial charge in [-0.25, -0.2) is 0 Å². The highest BCUT2D eigenvalue weighted by Gasteiger charge is 2.48. The third kappa shape index (κ3) is 5.29. The first-order chi connectivity index (χ1) is 24.8. The molecule has 264 valence electrons. The summed E-state index contributed by atoms with van der Waals surface area (Å²) < 4.78 is 0. The van der Waals surface area contributed by atoms with Crippen LogP contribution in [0.3, 0.4) is 0 Å². The van der Waals surface area contributed by atoms with Gasteiger partial charge in [0.2, 0.25) is 13.4 Å². The van der Waals surface area contributed by atoms with E-state index in [1.165, 1.54) is 93.0 Å². The molecule has 0 radical (unpaired) electrons. The normalized spacial score (nSPS) is 14.2. The highest BCUT2D eigenvalue weighted by molar-refractivity contribution is 7.99. The van der Waals surface area contributed by atoms with Crippen molar-refractivity contribution in [2.24, 2.45) is 0 Å². The molecule has 52 heavy (non-hydrogen) atoms. The number of nitrogens with zero attached hydrogens (tertiary/aromatic N) is 1. The van der Waals surface area contributed by atoms with Crippen LogP contribution in [0, 0.1) is 0 Å². The van der Waals surface area contributed by atoms with Crippen molar-refractivity contribution in [2.45, 2.75) is 128 Å². The highest BCUT2D eigenvalue weighted by atomic mass is 32.2. The summed E-state index contributed by atoms with van der Waals surface area (Å²) in [5, 5.41) is 0. The molecular weight excluding hydrogens is 644 g/mol. The van der Waals surface area contributed by atoms with E-state index in [0.717, 1.165) is 0 Å². The van der Waals surface area contributed by atoms with Crippen LogP contribution in [0.25, 0.3) is 0 Å². The Morgan fingerprint density at radius 2 is 0.712 bits per heavy atom. The van der Waals surface area contributed by atoms with Gasteiger partial charge in [0.15, 0.2) is 0 Å². The maximum absolute atomic E-state index is 2.71. The van der Waals surface area contributed by atoms with Crippen molar-refractivity contribution >= 4 is 75.0 Å². The minimum atomic E-state index is 0.155. The fourth-order valence-corrected chi connectivity index (χ4v) is 10.7. The summed E-state index contributed by atoms with van der Waals surface area (Å²) in [6.45, 7) is 28.9. The van der Waals surface area contributed by atoms with Gasteiger partial charge < -0.3 is 4.90 Å². The third-order valence-electron chi connectivity index (χ3n) is 12.2. The van der Waals surface area contributed by atoms with Crippen LogP contribution in [0.5, 0.6) is 0 Å². The number of rotatable bonds is 8. The van der Waals surface area contributed by atoms with E-state index in [2.05, 4.69) is 167 Å². The fourth-order valence-electron chi connectivity index (χ4n) is 9.59. The Bertz CT molecular complexity index is 2020. The summed E-state index contributed by atoms with van der Waals surface area (Å²) in [4.78, 5) is 5.45. The van der Waals surface area contributed by atoms with E-state index in [-0.39, 0.29) is 13.4 Å². The number of hydrogen-bond acceptors (Lipinski definition) is 2. The van der Waals surface area contributed by atoms with Gasteiger partial charge in [-0.05, 0) is 103 Å². The molecule has 3 aliphatic rings. The van der Waals surface area contributed by atoms with Crippen molar-refractivity contribution in [1.82, 2.24) is 0 Å². The van der Waals surface area contributed by atoms with E-state index >= 15 is 0 Å². The van der Waals surface area contributed by atoms with Gasteiger partial charge in [-0.15, -0.1) is 0 Å². The monoisotopic (exact) mass is 699 g/mol. The van der Waals surface area contributed by atoms with Crippen LogP contribution in [-0.4, -0.2) is 13.4 Å². The first kappa shape index (κ1) is 35.4. The molecule has 0 aromatic heterocycles. The zero-order valence-electron chi connectivity index (χ0n) is 33.5. The van der Waals surface area contributed by atoms with Crippen LogP contribution in [0.1, 0.15) is 152 Å². The van der Waals surface area contributed by atoms with E-state index in [1.54, 1.807) is 0 Å². The number of anilines is 3. The molecule has 0 saturated carbocycles. The van der Waals surface area contributed by atoms with E-state index in [4.69, 9.17) is 0 Å². The predicted octanol–water partition coefficient (Wildman–Crippen LogP) is 10.0. The lowest BCUT2D eigenvalue weighted by atomic mass is 9.29. The van der Waals surface area contributed by atoms with Crippen molar-refractivity contribution in [2.75, 3.05) is 4.90 Å². The van der Waals surface area contributed by atoms with Crippen LogP contribution in [0.15, 0.2) is 88.7 Å². The van der Waals surface area contributed by atoms with Crippen LogP contribution >= 0.6 is 11.8 Å². The molecule has 3 aliphatic heterocycles. The molecule has 5 aromatic carbocycles. The van der Waals surface area contributed by atoms with Crippen molar-refractivity contribution in [3.05, 3.63) is 112 Å². The summed E-state index contributed by atoms with van der Waals surface area (Å²) >= 11 is 1.98. The molecular formula is C48H55B2NS. The molecule has 8 rings (SSSR count). The van der Waals surface area contributed by atoms with Gasteiger partial charge in [0, 0.05) is 15.5 Å². The first-order valence-electron chi connectivity index (χ1n) is 20.0. The fraction of sp³-hybridized carbons (Fsp3) is 0.375. The second-order valence-corrected chi connectivity index (χ2v) is 18.7. The van der Waals surface area contributed by atoms with Gasteiger partial charge in [-0.2, -0.15) is 0 Å². The maximum Gasteiger partial charge on any atom is 0.247 e. The molecule has 0 amide bonds. The smallest absolute Gasteiger partial charge is 0.247 e. The summed E-state index contributed by atoms with van der Waals surface area (Å²) in [6, 6.07) is 31.8. The molecule has 0 unspecified atom stereocenters. The molecule has 3 heterocycles. The van der Waals surface area contributed by atoms with Gasteiger partial charge in [-0.1, -0.05) is 173 Å². The lowest BCUT2D eigenvalue weighted by Crippen LogP contribution is -2.66. The number of hydrogen-bond donors (Lipinski definition) is 0. The maximum atomic E-state index is 2.71. The largest absolute Gasteiger partial charge is 0.310 e. The molecule has 0 bridgehead atoms. The summed E-state index contributed by atoms with van der Waals surface area (Å²) in [6.07, 6.45) is 0. The van der Waals surface area contributed by atoms with Gasteiger partial charge in [0.25, 0.3) is 0 Å². The Balaban J connectivity index is 1.51. The van der Waals surface area contributed by atoms with Gasteiger partial charge in [-0.3, -0.25) is 0 Å². The van der Waals surface area contributed by atoms with Crippen molar-refractivity contribution < 1.29 is 0 Å². The minimum Gasteiger partial charge on any atom is -0.310 e. The number of benzene rings is 5. The van der Waals surface area contributed by atoms with Gasteiger partial charge in [0.1, 0.15) is 0 Å². The van der Waals surface area contributed by atoms with Crippen LogP contribution in [-0.2, 0) is 0 Å². The Labute approximate surface area is 319 Å². The van der Waals surface area contributed by atoms with Crippen molar-refractivity contribution in [3.8, 4) is 0 Å². The Morgan fingerprint density at radius 1 is 0.404 bits per heavy atom. The quantitative estimate of drug-likeness (QED) is 0.145. The van der Waals surface area contributed by atoms with Crippen LogP contribution in [0.2, 0.25) is 0 Å². The Hall–Kier alpha value is -3.62. The zero-order valence-corrected chi connectivity index (χ0v) is 34.3. The average molecular weight is 700 g/mol. The molecule has 0 saturated heterocycles. The molecule has 0 N–H and O–H groups in total. The van der Waals surface area contributed by atoms with Crippen molar-refractivity contribution in [1.29, 1.82) is 0 Å². The lowest BCUT2D eigenvalue weighted by Gasteiger charge is -2.48. The van der Waals surface area contributed by atoms with E-state index in [0.29, 0.717) is 35.5 Å². The zero-order chi connectivity index (χ0) is 36.9. The highest BCUT2D eigenvalue weighted by Crippen LogP contribution is 2.52. The summed E-state index contributed by atoms with van der Waals surface area (Å²) in [7, 11) is 0. The van der Waals surface area contributed by atoms with E-state index in [9.17, 15) is 0 Å². The predicted molar refractivity (Wildman–Crippen MR) is 232 cm³/mol. The Morgan fingerprint density at radius 3 is 1.02 bits per heavy atom. The first-order valence-corrected chi connectivity index (χ1v) is 20.8. The second-order valence-electron chi connectivity index (χ2n) is 17.6. The molecule has 0 fully saturated rings. The minimum absolute atomic E-state index is 0.155. The molecule has 0 aliphatic carbocycles. The number of para-hydroxylation sites is 3. The van der Waals surface area contributed by atoms with Gasteiger partial charge >= 0.3 is 0 Å². The molecule has 4 heteroatoms. The van der Waals surface area contributed by atoms with E-state index < -0.39 is 0 Å². The molecule has 0 atom stereocenters. The van der Waals surface area contributed by atoms with Crippen LogP contribution < -0.4 is 37.7 Å². The molecule has 0 spiro atoms. The molecule has 1 nitrogen and oxygen atoms in total. The van der Waals surface area contributed by atoms with Crippen molar-refractivity contribution in [3.63, 3.8) is 0 Å².